The molecule has 4 N–H and O–H groups in total. The van der Waals surface area contributed by atoms with Gasteiger partial charge in [0.15, 0.2) is 0 Å². The molecule has 0 unspecified atom stereocenters. The van der Waals surface area contributed by atoms with E-state index in [0.29, 0.717) is 5.69 Å². The Morgan fingerprint density at radius 1 is 1.40 bits per heavy atom. The van der Waals surface area contributed by atoms with Crippen LogP contribution in [0.2, 0.25) is 0 Å². The summed E-state index contributed by atoms with van der Waals surface area (Å²) < 4.78 is 0.281. The van der Waals surface area contributed by atoms with Gasteiger partial charge in [-0.05, 0) is 37.3 Å². The molecule has 0 radical (unpaired) electrons. The van der Waals surface area contributed by atoms with Crippen molar-refractivity contribution >= 4 is 29.1 Å². The number of rotatable bonds is 5. The summed E-state index contributed by atoms with van der Waals surface area (Å²) in [5.41, 5.74) is 6.97. The average Bonchev–Trinajstić information content (AvgIpc) is 2.47. The van der Waals surface area contributed by atoms with Crippen molar-refractivity contribution in [2.24, 2.45) is 0 Å². The number of benzene rings is 1. The second kappa shape index (κ2) is 6.39. The number of carbonyl (C=O) groups is 1. The van der Waals surface area contributed by atoms with E-state index in [-0.39, 0.29) is 10.3 Å². The van der Waals surface area contributed by atoms with Gasteiger partial charge in [-0.15, -0.1) is 0 Å². The molecular formula is C15H22N2O2S. The van der Waals surface area contributed by atoms with Crippen LogP contribution < -0.4 is 11.1 Å². The molecule has 1 fully saturated rings. The normalized spacial score (nSPS) is 17.6. The fraction of sp³-hybridized carbons (Fsp3) is 0.533. The molecule has 1 aromatic rings. The van der Waals surface area contributed by atoms with Gasteiger partial charge in [-0.25, -0.2) is 4.79 Å². The van der Waals surface area contributed by atoms with Gasteiger partial charge in [0.1, 0.15) is 0 Å². The minimum Gasteiger partial charge on any atom is -0.478 e. The van der Waals surface area contributed by atoms with Crippen molar-refractivity contribution in [3.05, 3.63) is 23.8 Å². The van der Waals surface area contributed by atoms with Crippen molar-refractivity contribution in [2.45, 2.75) is 36.9 Å². The molecule has 0 heterocycles. The maximum Gasteiger partial charge on any atom is 0.337 e. The van der Waals surface area contributed by atoms with E-state index in [2.05, 4.69) is 11.6 Å². The average molecular weight is 294 g/mol. The molecular weight excluding hydrogens is 272 g/mol. The Kier molecular flexibility index (Phi) is 4.81. The zero-order chi connectivity index (χ0) is 14.6. The molecule has 1 aliphatic carbocycles. The molecule has 20 heavy (non-hydrogen) atoms. The largest absolute Gasteiger partial charge is 0.478 e. The number of hydrogen-bond acceptors (Lipinski definition) is 4. The Balaban J connectivity index is 2.06. The topological polar surface area (TPSA) is 75.3 Å². The Labute approximate surface area is 124 Å². The molecule has 0 atom stereocenters. The van der Waals surface area contributed by atoms with Crippen LogP contribution in [-0.4, -0.2) is 28.6 Å². The van der Waals surface area contributed by atoms with Crippen molar-refractivity contribution < 1.29 is 9.90 Å². The third kappa shape index (κ3) is 3.39. The van der Waals surface area contributed by atoms with Crippen molar-refractivity contribution in [2.75, 3.05) is 23.9 Å². The van der Waals surface area contributed by atoms with Crippen LogP contribution in [0.4, 0.5) is 11.4 Å². The van der Waals surface area contributed by atoms with Crippen LogP contribution in [0.1, 0.15) is 42.5 Å². The van der Waals surface area contributed by atoms with E-state index in [4.69, 9.17) is 10.8 Å². The van der Waals surface area contributed by atoms with Crippen molar-refractivity contribution in [3.63, 3.8) is 0 Å². The lowest BCUT2D eigenvalue weighted by molar-refractivity contribution is 0.0698. The zero-order valence-electron chi connectivity index (χ0n) is 11.8. The number of nitrogen functional groups attached to an aromatic ring is 1. The molecule has 0 spiro atoms. The first-order valence-corrected chi connectivity index (χ1v) is 8.21. The third-order valence-electron chi connectivity index (χ3n) is 4.10. The van der Waals surface area contributed by atoms with E-state index in [9.17, 15) is 4.79 Å². The summed E-state index contributed by atoms with van der Waals surface area (Å²) in [6.07, 6.45) is 8.51. The SMILES string of the molecule is CSC1(CNc2ccc(N)c(C(=O)O)c2)CCCCC1. The molecule has 0 amide bonds. The van der Waals surface area contributed by atoms with Crippen molar-refractivity contribution in [3.8, 4) is 0 Å². The summed E-state index contributed by atoms with van der Waals surface area (Å²) in [7, 11) is 0. The molecule has 1 aromatic carbocycles. The fourth-order valence-electron chi connectivity index (χ4n) is 2.76. The summed E-state index contributed by atoms with van der Waals surface area (Å²) in [5, 5.41) is 12.5. The van der Waals surface area contributed by atoms with E-state index in [1.165, 1.54) is 32.1 Å². The minimum absolute atomic E-state index is 0.164. The summed E-state index contributed by atoms with van der Waals surface area (Å²) in [5.74, 6) is -0.983. The van der Waals surface area contributed by atoms with Crippen LogP contribution in [0.25, 0.3) is 0 Å². The van der Waals surface area contributed by atoms with Crippen LogP contribution in [0, 0.1) is 0 Å². The molecule has 0 bridgehead atoms. The summed E-state index contributed by atoms with van der Waals surface area (Å²) in [6.45, 7) is 0.872. The monoisotopic (exact) mass is 294 g/mol. The number of anilines is 2. The lowest BCUT2D eigenvalue weighted by Gasteiger charge is -2.36. The van der Waals surface area contributed by atoms with Gasteiger partial charge in [-0.3, -0.25) is 0 Å². The molecule has 0 aromatic heterocycles. The maximum atomic E-state index is 11.1. The summed E-state index contributed by atoms with van der Waals surface area (Å²) in [4.78, 5) is 11.1. The lowest BCUT2D eigenvalue weighted by atomic mass is 9.88. The van der Waals surface area contributed by atoms with E-state index < -0.39 is 5.97 Å². The second-order valence-electron chi connectivity index (χ2n) is 5.41. The summed E-state index contributed by atoms with van der Waals surface area (Å²) >= 11 is 1.92. The number of nitrogens with two attached hydrogens (primary N) is 1. The Morgan fingerprint density at radius 2 is 2.10 bits per heavy atom. The Morgan fingerprint density at radius 3 is 2.70 bits per heavy atom. The van der Waals surface area contributed by atoms with E-state index >= 15 is 0 Å². The standard InChI is InChI=1S/C15H22N2O2S/c1-20-15(7-3-2-4-8-15)10-17-11-5-6-13(16)12(9-11)14(18)19/h5-6,9,17H,2-4,7-8,10,16H2,1H3,(H,18,19). The van der Waals surface area contributed by atoms with Crippen molar-refractivity contribution in [1.82, 2.24) is 0 Å². The zero-order valence-corrected chi connectivity index (χ0v) is 12.6. The first kappa shape index (κ1) is 15.0. The van der Waals surface area contributed by atoms with Crippen LogP contribution in [0.3, 0.4) is 0 Å². The van der Waals surface area contributed by atoms with E-state index in [1.54, 1.807) is 12.1 Å². The highest BCUT2D eigenvalue weighted by Crippen LogP contribution is 2.38. The van der Waals surface area contributed by atoms with Gasteiger partial charge in [0.05, 0.1) is 5.56 Å². The van der Waals surface area contributed by atoms with Crippen LogP contribution in [0.15, 0.2) is 18.2 Å². The van der Waals surface area contributed by atoms with Crippen LogP contribution in [-0.2, 0) is 0 Å². The van der Waals surface area contributed by atoms with Gasteiger partial charge >= 0.3 is 5.97 Å². The Bertz CT molecular complexity index is 485. The number of aromatic carboxylic acids is 1. The molecule has 0 aliphatic heterocycles. The van der Waals surface area contributed by atoms with Gasteiger partial charge in [-0.1, -0.05) is 19.3 Å². The number of carboxylic acids is 1. The van der Waals surface area contributed by atoms with Gasteiger partial charge in [0.2, 0.25) is 0 Å². The van der Waals surface area contributed by atoms with E-state index in [1.807, 2.05) is 17.8 Å². The van der Waals surface area contributed by atoms with Gasteiger partial charge in [0.25, 0.3) is 0 Å². The highest BCUT2D eigenvalue weighted by atomic mass is 32.2. The minimum atomic E-state index is -0.983. The molecule has 0 saturated heterocycles. The van der Waals surface area contributed by atoms with Gasteiger partial charge in [-0.2, -0.15) is 11.8 Å². The highest BCUT2D eigenvalue weighted by Gasteiger charge is 2.30. The smallest absolute Gasteiger partial charge is 0.337 e. The van der Waals surface area contributed by atoms with Gasteiger partial charge in [0, 0.05) is 22.7 Å². The quantitative estimate of drug-likeness (QED) is 0.725. The highest BCUT2D eigenvalue weighted by molar-refractivity contribution is 8.00. The Hall–Kier alpha value is -1.36. The number of thioether (sulfide) groups is 1. The van der Waals surface area contributed by atoms with Crippen molar-refractivity contribution in [1.29, 1.82) is 0 Å². The third-order valence-corrected chi connectivity index (χ3v) is 5.51. The number of hydrogen-bond donors (Lipinski definition) is 3. The summed E-state index contributed by atoms with van der Waals surface area (Å²) in [6, 6.07) is 5.12. The predicted octanol–water partition coefficient (Wildman–Crippen LogP) is 3.44. The molecule has 1 saturated carbocycles. The molecule has 2 rings (SSSR count). The predicted molar refractivity (Wildman–Crippen MR) is 85.6 cm³/mol. The molecule has 4 nitrogen and oxygen atoms in total. The first-order chi connectivity index (χ1) is 9.56. The molecule has 5 heteroatoms. The van der Waals surface area contributed by atoms with E-state index in [0.717, 1.165) is 12.2 Å². The lowest BCUT2D eigenvalue weighted by Crippen LogP contribution is -2.35. The maximum absolute atomic E-state index is 11.1. The van der Waals surface area contributed by atoms with Gasteiger partial charge < -0.3 is 16.2 Å². The number of carboxylic acid groups (broad SMARTS) is 1. The number of nitrogens with one attached hydrogen (secondary N) is 1. The second-order valence-corrected chi connectivity index (χ2v) is 6.68. The van der Waals surface area contributed by atoms with Crippen LogP contribution in [0.5, 0.6) is 0 Å². The van der Waals surface area contributed by atoms with Crippen LogP contribution >= 0.6 is 11.8 Å². The fourth-order valence-corrected chi connectivity index (χ4v) is 3.68. The first-order valence-electron chi connectivity index (χ1n) is 6.98. The molecule has 110 valence electrons. The molecule has 1 aliphatic rings.